The number of amides is 1. The summed E-state index contributed by atoms with van der Waals surface area (Å²) < 4.78 is 47.2. The zero-order chi connectivity index (χ0) is 14.3. The van der Waals surface area contributed by atoms with Crippen LogP contribution in [-0.2, 0) is 15.7 Å². The zero-order valence-electron chi connectivity index (χ0n) is 10.4. The minimum Gasteiger partial charge on any atom is -0.375 e. The van der Waals surface area contributed by atoms with Crippen LogP contribution in [0.25, 0.3) is 0 Å². The summed E-state index contributed by atoms with van der Waals surface area (Å²) in [6.45, 7) is 0. The lowest BCUT2D eigenvalue weighted by molar-refractivity contribution is -0.142. The maximum absolute atomic E-state index is 12.4. The van der Waals surface area contributed by atoms with Gasteiger partial charge in [-0.05, 0) is 25.7 Å². The number of carbonyl (C=O) groups excluding carboxylic acids is 1. The van der Waals surface area contributed by atoms with Crippen LogP contribution in [0.3, 0.4) is 0 Å². The highest BCUT2D eigenvalue weighted by Gasteiger charge is 2.39. The van der Waals surface area contributed by atoms with Crippen molar-refractivity contribution in [1.29, 1.82) is 0 Å². The van der Waals surface area contributed by atoms with Gasteiger partial charge in [-0.2, -0.15) is 13.2 Å². The average Bonchev–Trinajstić information content (AvgIpc) is 2.96. The van der Waals surface area contributed by atoms with E-state index in [9.17, 15) is 18.0 Å². The van der Waals surface area contributed by atoms with Crippen molar-refractivity contribution in [1.82, 2.24) is 5.16 Å². The molecule has 0 radical (unpaired) electrons. The lowest BCUT2D eigenvalue weighted by Crippen LogP contribution is -2.33. The van der Waals surface area contributed by atoms with Gasteiger partial charge in [0.05, 0.1) is 12.2 Å². The van der Waals surface area contributed by atoms with Gasteiger partial charge < -0.3 is 9.26 Å². The second-order valence-corrected chi connectivity index (χ2v) is 5.19. The van der Waals surface area contributed by atoms with Crippen LogP contribution < -0.4 is 5.32 Å². The Morgan fingerprint density at radius 1 is 1.30 bits per heavy atom. The molecule has 3 rings (SSSR count). The molecule has 2 saturated heterocycles. The molecule has 3 atom stereocenters. The van der Waals surface area contributed by atoms with Crippen LogP contribution in [0.5, 0.6) is 0 Å². The van der Waals surface area contributed by atoms with Crippen LogP contribution in [0.4, 0.5) is 19.1 Å². The first-order valence-electron chi connectivity index (χ1n) is 6.42. The fourth-order valence-electron chi connectivity index (χ4n) is 2.76. The molecule has 1 amide bonds. The molecule has 1 unspecified atom stereocenters. The van der Waals surface area contributed by atoms with Crippen LogP contribution >= 0.6 is 0 Å². The van der Waals surface area contributed by atoms with Gasteiger partial charge in [-0.15, -0.1) is 0 Å². The van der Waals surface area contributed by atoms with Gasteiger partial charge in [-0.25, -0.2) is 0 Å². The van der Waals surface area contributed by atoms with E-state index in [0.29, 0.717) is 18.9 Å². The van der Waals surface area contributed by atoms with Crippen molar-refractivity contribution in [3.05, 3.63) is 11.8 Å². The monoisotopic (exact) mass is 290 g/mol. The molecule has 2 bridgehead atoms. The minimum absolute atomic E-state index is 0.0879. The molecular weight excluding hydrogens is 277 g/mol. The van der Waals surface area contributed by atoms with Crippen LogP contribution in [0.1, 0.15) is 31.4 Å². The topological polar surface area (TPSA) is 64.4 Å². The van der Waals surface area contributed by atoms with Crippen molar-refractivity contribution in [3.8, 4) is 0 Å². The lowest BCUT2D eigenvalue weighted by atomic mass is 9.95. The second kappa shape index (κ2) is 4.76. The Morgan fingerprint density at radius 2 is 1.95 bits per heavy atom. The second-order valence-electron chi connectivity index (χ2n) is 5.19. The molecule has 0 spiro atoms. The number of carbonyl (C=O) groups is 1. The van der Waals surface area contributed by atoms with E-state index in [2.05, 4.69) is 15.0 Å². The predicted octanol–water partition coefficient (Wildman–Crippen LogP) is 2.59. The molecule has 5 nitrogen and oxygen atoms in total. The summed E-state index contributed by atoms with van der Waals surface area (Å²) in [6, 6.07) is 0.686. The van der Waals surface area contributed by atoms with E-state index in [4.69, 9.17) is 4.74 Å². The van der Waals surface area contributed by atoms with Gasteiger partial charge in [-0.1, -0.05) is 5.16 Å². The quantitative estimate of drug-likeness (QED) is 0.909. The van der Waals surface area contributed by atoms with E-state index in [-0.39, 0.29) is 29.9 Å². The SMILES string of the molecule is O=C(Nc1cc(C(F)(F)F)no1)C1C[C@H]2CC[C@@H](C1)O2. The van der Waals surface area contributed by atoms with E-state index >= 15 is 0 Å². The number of hydrogen-bond acceptors (Lipinski definition) is 4. The van der Waals surface area contributed by atoms with Crippen molar-refractivity contribution in [2.75, 3.05) is 5.32 Å². The fourth-order valence-corrected chi connectivity index (χ4v) is 2.76. The Kier molecular flexibility index (Phi) is 3.19. The number of nitrogens with zero attached hydrogens (tertiary/aromatic N) is 1. The predicted molar refractivity (Wildman–Crippen MR) is 60.8 cm³/mol. The van der Waals surface area contributed by atoms with Gasteiger partial charge in [0.2, 0.25) is 11.8 Å². The summed E-state index contributed by atoms with van der Waals surface area (Å²) in [5.74, 6) is -0.864. The summed E-state index contributed by atoms with van der Waals surface area (Å²) in [5.41, 5.74) is -1.15. The standard InChI is InChI=1S/C12H13F3N2O3/c13-12(14,15)9-5-10(20-17-9)16-11(18)6-3-7-1-2-8(4-6)19-7/h5-8H,1-4H2,(H,16,18)/t6?,7-,8+. The Bertz CT molecular complexity index is 502. The third-order valence-electron chi connectivity index (χ3n) is 3.71. The van der Waals surface area contributed by atoms with Gasteiger partial charge in [0.1, 0.15) is 0 Å². The number of nitrogens with one attached hydrogen (secondary N) is 1. The Morgan fingerprint density at radius 3 is 2.50 bits per heavy atom. The molecular formula is C12H13F3N2O3. The molecule has 1 aromatic heterocycles. The molecule has 0 aliphatic carbocycles. The van der Waals surface area contributed by atoms with E-state index in [1.807, 2.05) is 0 Å². The molecule has 3 heterocycles. The number of ether oxygens (including phenoxy) is 1. The molecule has 2 aliphatic rings. The number of hydrogen-bond donors (Lipinski definition) is 1. The van der Waals surface area contributed by atoms with E-state index < -0.39 is 11.9 Å². The first-order valence-corrected chi connectivity index (χ1v) is 6.42. The first-order chi connectivity index (χ1) is 9.41. The highest BCUT2D eigenvalue weighted by atomic mass is 19.4. The first kappa shape index (κ1) is 13.4. The zero-order valence-corrected chi connectivity index (χ0v) is 10.4. The molecule has 0 saturated carbocycles. The molecule has 1 N–H and O–H groups in total. The van der Waals surface area contributed by atoms with Gasteiger partial charge in [-0.3, -0.25) is 10.1 Å². The third-order valence-corrected chi connectivity index (χ3v) is 3.71. The average molecular weight is 290 g/mol. The highest BCUT2D eigenvalue weighted by Crippen LogP contribution is 2.36. The number of fused-ring (bicyclic) bond motifs is 2. The van der Waals surface area contributed by atoms with Gasteiger partial charge in [0, 0.05) is 12.0 Å². The summed E-state index contributed by atoms with van der Waals surface area (Å²) in [4.78, 5) is 12.0. The lowest BCUT2D eigenvalue weighted by Gasteiger charge is -2.26. The largest absolute Gasteiger partial charge is 0.436 e. The van der Waals surface area contributed by atoms with E-state index in [1.54, 1.807) is 0 Å². The maximum Gasteiger partial charge on any atom is 0.436 e. The highest BCUT2D eigenvalue weighted by molar-refractivity contribution is 5.91. The van der Waals surface area contributed by atoms with E-state index in [1.165, 1.54) is 0 Å². The van der Waals surface area contributed by atoms with Gasteiger partial charge in [0.25, 0.3) is 0 Å². The molecule has 2 aliphatic heterocycles. The van der Waals surface area contributed by atoms with Gasteiger partial charge >= 0.3 is 6.18 Å². The number of anilines is 1. The van der Waals surface area contributed by atoms with E-state index in [0.717, 1.165) is 12.8 Å². The molecule has 8 heteroatoms. The van der Waals surface area contributed by atoms with Crippen LogP contribution in [0.15, 0.2) is 10.6 Å². The minimum atomic E-state index is -4.58. The number of aromatic nitrogens is 1. The van der Waals surface area contributed by atoms with Crippen molar-refractivity contribution in [3.63, 3.8) is 0 Å². The fraction of sp³-hybridized carbons (Fsp3) is 0.667. The van der Waals surface area contributed by atoms with Crippen molar-refractivity contribution >= 4 is 11.8 Å². The summed E-state index contributed by atoms with van der Waals surface area (Å²) >= 11 is 0. The normalized spacial score (nSPS) is 29.4. The van der Waals surface area contributed by atoms with Crippen LogP contribution in [0.2, 0.25) is 0 Å². The number of rotatable bonds is 2. The van der Waals surface area contributed by atoms with Crippen LogP contribution in [0, 0.1) is 5.92 Å². The van der Waals surface area contributed by atoms with Gasteiger partial charge in [0.15, 0.2) is 5.69 Å². The molecule has 20 heavy (non-hydrogen) atoms. The Hall–Kier alpha value is -1.57. The Balaban J connectivity index is 1.63. The van der Waals surface area contributed by atoms with Crippen molar-refractivity contribution in [2.45, 2.75) is 44.1 Å². The number of halogens is 3. The van der Waals surface area contributed by atoms with Crippen LogP contribution in [-0.4, -0.2) is 23.3 Å². The summed E-state index contributed by atoms with van der Waals surface area (Å²) in [6.07, 6.45) is -1.32. The molecule has 1 aromatic rings. The summed E-state index contributed by atoms with van der Waals surface area (Å²) in [5, 5.41) is 5.24. The smallest absolute Gasteiger partial charge is 0.375 e. The number of alkyl halides is 3. The molecule has 2 fully saturated rings. The molecule has 0 aromatic carbocycles. The van der Waals surface area contributed by atoms with Crippen molar-refractivity contribution in [2.24, 2.45) is 5.92 Å². The third kappa shape index (κ3) is 2.65. The Labute approximate surface area is 112 Å². The van der Waals surface area contributed by atoms with Crippen molar-refractivity contribution < 1.29 is 27.2 Å². The molecule has 110 valence electrons. The summed E-state index contributed by atoms with van der Waals surface area (Å²) in [7, 11) is 0. The maximum atomic E-state index is 12.4.